The molecule has 96 valence electrons. The number of fused-ring (bicyclic) bond motifs is 1. The molecule has 4 rings (SSSR count). The molecule has 3 atom stereocenters. The zero-order valence-electron chi connectivity index (χ0n) is 9.12. The van der Waals surface area contributed by atoms with Crippen molar-refractivity contribution in [3.8, 4) is 0 Å². The first-order valence-electron chi connectivity index (χ1n) is 5.45. The third-order valence-electron chi connectivity index (χ3n) is 3.91. The molecule has 2 bridgehead atoms. The van der Waals surface area contributed by atoms with Gasteiger partial charge in [0.2, 0.25) is 0 Å². The van der Waals surface area contributed by atoms with E-state index in [4.69, 9.17) is 9.84 Å². The first kappa shape index (κ1) is 11.5. The minimum Gasteiger partial charge on any atom is -0.481 e. The van der Waals surface area contributed by atoms with Gasteiger partial charge in [0.05, 0.1) is 18.6 Å². The highest BCUT2D eigenvalue weighted by Gasteiger charge is 2.65. The summed E-state index contributed by atoms with van der Waals surface area (Å²) in [6, 6.07) is 1.72. The molecule has 2 saturated heterocycles. The number of hydrogen-bond donors (Lipinski definition) is 1. The van der Waals surface area contributed by atoms with Gasteiger partial charge in [-0.25, -0.2) is 13.2 Å². The van der Waals surface area contributed by atoms with Crippen LogP contribution in [0.15, 0.2) is 12.1 Å². The number of carboxylic acids is 1. The van der Waals surface area contributed by atoms with Crippen LogP contribution >= 0.6 is 0 Å². The normalized spacial score (nSPS) is 33.3. The Morgan fingerprint density at radius 3 is 2.44 bits per heavy atom. The Balaban J connectivity index is 2.08. The molecule has 1 aromatic carbocycles. The summed E-state index contributed by atoms with van der Waals surface area (Å²) < 4.78 is 44.6. The van der Waals surface area contributed by atoms with Crippen LogP contribution in [0.4, 0.5) is 13.2 Å². The highest BCUT2D eigenvalue weighted by atomic mass is 19.2. The maximum Gasteiger partial charge on any atom is 0.310 e. The van der Waals surface area contributed by atoms with Gasteiger partial charge in [-0.3, -0.25) is 4.79 Å². The summed E-state index contributed by atoms with van der Waals surface area (Å²) in [6.07, 6.45) is -0.0206. The Kier molecular flexibility index (Phi) is 2.22. The van der Waals surface area contributed by atoms with Gasteiger partial charge < -0.3 is 9.84 Å². The van der Waals surface area contributed by atoms with Crippen LogP contribution in [0.25, 0.3) is 0 Å². The van der Waals surface area contributed by atoms with Crippen LogP contribution in [-0.4, -0.2) is 23.8 Å². The average molecular weight is 258 g/mol. The Morgan fingerprint density at radius 2 is 1.94 bits per heavy atom. The van der Waals surface area contributed by atoms with E-state index in [0.29, 0.717) is 6.42 Å². The van der Waals surface area contributed by atoms with E-state index in [0.717, 1.165) is 12.1 Å². The van der Waals surface area contributed by atoms with Gasteiger partial charge in [0, 0.05) is 5.41 Å². The van der Waals surface area contributed by atoms with E-state index in [-0.39, 0.29) is 12.2 Å². The van der Waals surface area contributed by atoms with Crippen molar-refractivity contribution in [2.24, 2.45) is 5.92 Å². The maximum atomic E-state index is 13.2. The molecule has 3 nitrogen and oxygen atoms in total. The predicted octanol–water partition coefficient (Wildman–Crippen LogP) is 1.84. The number of carboxylic acid groups (broad SMARTS) is 1. The highest BCUT2D eigenvalue weighted by Crippen LogP contribution is 2.56. The molecule has 0 radical (unpaired) electrons. The lowest BCUT2D eigenvalue weighted by molar-refractivity contribution is -0.150. The molecule has 1 aromatic rings. The Bertz CT molecular complexity index is 518. The van der Waals surface area contributed by atoms with Gasteiger partial charge in [-0.1, -0.05) is 0 Å². The quantitative estimate of drug-likeness (QED) is 0.823. The predicted molar refractivity (Wildman–Crippen MR) is 53.5 cm³/mol. The van der Waals surface area contributed by atoms with Gasteiger partial charge in [-0.2, -0.15) is 0 Å². The van der Waals surface area contributed by atoms with E-state index in [1.165, 1.54) is 0 Å². The molecule has 2 aliphatic heterocycles. The van der Waals surface area contributed by atoms with Crippen molar-refractivity contribution in [1.29, 1.82) is 0 Å². The van der Waals surface area contributed by atoms with Crippen molar-refractivity contribution in [1.82, 2.24) is 0 Å². The van der Waals surface area contributed by atoms with Crippen molar-refractivity contribution < 1.29 is 27.8 Å². The number of rotatable bonds is 2. The average Bonchev–Trinajstić information content (AvgIpc) is 2.83. The third kappa shape index (κ3) is 1.26. The van der Waals surface area contributed by atoms with Crippen molar-refractivity contribution in [3.63, 3.8) is 0 Å². The SMILES string of the molecule is O=C(O)[C@@H]1[C@H]2C[C@]1(c1cc(F)c(F)c(F)c1)CO2. The summed E-state index contributed by atoms with van der Waals surface area (Å²) in [6.45, 7) is 0.0964. The van der Waals surface area contributed by atoms with Gasteiger partial charge in [-0.05, 0) is 24.1 Å². The van der Waals surface area contributed by atoms with Crippen LogP contribution in [-0.2, 0) is 14.9 Å². The summed E-state index contributed by atoms with van der Waals surface area (Å²) in [7, 11) is 0. The topological polar surface area (TPSA) is 46.5 Å². The third-order valence-corrected chi connectivity index (χ3v) is 3.91. The zero-order valence-corrected chi connectivity index (χ0v) is 9.12. The van der Waals surface area contributed by atoms with Crippen molar-refractivity contribution >= 4 is 5.97 Å². The Morgan fingerprint density at radius 1 is 1.33 bits per heavy atom. The van der Waals surface area contributed by atoms with E-state index >= 15 is 0 Å². The largest absolute Gasteiger partial charge is 0.481 e. The first-order chi connectivity index (χ1) is 8.45. The first-order valence-corrected chi connectivity index (χ1v) is 5.45. The van der Waals surface area contributed by atoms with Crippen molar-refractivity contribution in [3.05, 3.63) is 35.1 Å². The summed E-state index contributed by atoms with van der Waals surface area (Å²) in [5.41, 5.74) is -0.772. The van der Waals surface area contributed by atoms with Crippen molar-refractivity contribution in [2.75, 3.05) is 6.61 Å². The second-order valence-electron chi connectivity index (χ2n) is 4.78. The van der Waals surface area contributed by atoms with E-state index < -0.39 is 40.9 Å². The molecule has 2 heterocycles. The second-order valence-corrected chi connectivity index (χ2v) is 4.78. The Labute approximate surface area is 100 Å². The van der Waals surface area contributed by atoms with E-state index in [1.807, 2.05) is 0 Å². The van der Waals surface area contributed by atoms with Gasteiger partial charge in [0.15, 0.2) is 17.5 Å². The Hall–Kier alpha value is -1.56. The lowest BCUT2D eigenvalue weighted by atomic mass is 9.57. The lowest BCUT2D eigenvalue weighted by Crippen LogP contribution is -2.52. The van der Waals surface area contributed by atoms with Crippen molar-refractivity contribution in [2.45, 2.75) is 17.9 Å². The fourth-order valence-corrected chi connectivity index (χ4v) is 2.98. The van der Waals surface area contributed by atoms with Crippen LogP contribution in [0.3, 0.4) is 0 Å². The summed E-state index contributed by atoms with van der Waals surface area (Å²) in [5, 5.41) is 9.09. The van der Waals surface area contributed by atoms with Crippen LogP contribution in [0.5, 0.6) is 0 Å². The minimum atomic E-state index is -1.54. The van der Waals surface area contributed by atoms with Crippen LogP contribution in [0.2, 0.25) is 0 Å². The van der Waals surface area contributed by atoms with E-state index in [9.17, 15) is 18.0 Å². The molecular formula is C12H9F3O3. The standard InChI is InChI=1S/C12H9F3O3/c13-6-1-5(2-7(14)10(6)15)12-3-8(18-4-12)9(12)11(16)17/h1-2,8-9H,3-4H2,(H,16,17)/t8-,9+,12-/m1/s1. The molecule has 18 heavy (non-hydrogen) atoms. The van der Waals surface area contributed by atoms with E-state index in [2.05, 4.69) is 0 Å². The second kappa shape index (κ2) is 3.47. The van der Waals surface area contributed by atoms with Gasteiger partial charge in [0.1, 0.15) is 0 Å². The zero-order chi connectivity index (χ0) is 13.1. The highest BCUT2D eigenvalue weighted by molar-refractivity contribution is 5.76. The summed E-state index contributed by atoms with van der Waals surface area (Å²) in [4.78, 5) is 11.1. The molecule has 0 amide bonds. The van der Waals surface area contributed by atoms with Crippen LogP contribution in [0.1, 0.15) is 12.0 Å². The molecule has 3 fully saturated rings. The number of hydrogen-bond acceptors (Lipinski definition) is 2. The maximum absolute atomic E-state index is 13.2. The monoisotopic (exact) mass is 258 g/mol. The molecule has 1 aliphatic carbocycles. The number of halogens is 3. The molecule has 3 aliphatic rings. The molecule has 6 heteroatoms. The molecule has 1 saturated carbocycles. The summed E-state index contributed by atoms with van der Waals surface area (Å²) >= 11 is 0. The van der Waals surface area contributed by atoms with Crippen LogP contribution in [0, 0.1) is 23.4 Å². The molecule has 1 N–H and O–H groups in total. The molecule has 0 aromatic heterocycles. The fraction of sp³-hybridized carbons (Fsp3) is 0.417. The number of ether oxygens (including phenoxy) is 1. The smallest absolute Gasteiger partial charge is 0.310 e. The van der Waals surface area contributed by atoms with Gasteiger partial charge in [0.25, 0.3) is 0 Å². The van der Waals surface area contributed by atoms with Gasteiger partial charge >= 0.3 is 5.97 Å². The van der Waals surface area contributed by atoms with Crippen LogP contribution < -0.4 is 0 Å². The molecular weight excluding hydrogens is 249 g/mol. The number of benzene rings is 1. The number of carbonyl (C=O) groups is 1. The number of aliphatic carboxylic acids is 1. The molecule has 0 unspecified atom stereocenters. The fourth-order valence-electron chi connectivity index (χ4n) is 2.98. The van der Waals surface area contributed by atoms with Gasteiger partial charge in [-0.15, -0.1) is 0 Å². The van der Waals surface area contributed by atoms with E-state index in [1.54, 1.807) is 0 Å². The summed E-state index contributed by atoms with van der Waals surface area (Å²) in [5.74, 6) is -6.04. The lowest BCUT2D eigenvalue weighted by Gasteiger charge is -2.42. The minimum absolute atomic E-state index is 0.0964. The molecule has 0 spiro atoms.